The van der Waals surface area contributed by atoms with Crippen molar-refractivity contribution >= 4 is 0 Å². The van der Waals surface area contributed by atoms with Gasteiger partial charge in [0.25, 0.3) is 0 Å². The van der Waals surface area contributed by atoms with Gasteiger partial charge in [-0.15, -0.1) is 0 Å². The minimum Gasteiger partial charge on any atom is -0.378 e. The first kappa shape index (κ1) is 22.9. The van der Waals surface area contributed by atoms with Gasteiger partial charge in [0.15, 0.2) is 0 Å². The van der Waals surface area contributed by atoms with Gasteiger partial charge in [-0.05, 0) is 92.0 Å². The standard InChI is InChI=1S/C28H33F3O2/c1-2-3-17-4-11-26(32-15-17)19-7-5-18(6-8-19)20-9-10-22(23(29)12-20)21-13-24(30)28(25(31)14-21)27-16-33-27/h9-10,12-14,17-19,26-27H,2-8,11,15-16H2,1H3. The molecule has 0 aromatic heterocycles. The van der Waals surface area contributed by atoms with Crippen LogP contribution in [-0.4, -0.2) is 19.3 Å². The first-order valence-corrected chi connectivity index (χ1v) is 12.6. The van der Waals surface area contributed by atoms with Crippen LogP contribution in [0.3, 0.4) is 0 Å². The second-order valence-electron chi connectivity index (χ2n) is 10.1. The normalized spacial score (nSPS) is 29.8. The summed E-state index contributed by atoms with van der Waals surface area (Å²) in [5.41, 5.74) is 1.37. The molecule has 5 heteroatoms. The summed E-state index contributed by atoms with van der Waals surface area (Å²) in [6, 6.07) is 7.55. The van der Waals surface area contributed by atoms with Gasteiger partial charge in [0.1, 0.15) is 23.6 Å². The predicted molar refractivity (Wildman–Crippen MR) is 123 cm³/mol. The highest BCUT2D eigenvalue weighted by Gasteiger charge is 2.33. The van der Waals surface area contributed by atoms with Crippen molar-refractivity contribution in [2.75, 3.05) is 13.2 Å². The van der Waals surface area contributed by atoms with Crippen molar-refractivity contribution in [1.29, 1.82) is 0 Å². The third-order valence-corrected chi connectivity index (χ3v) is 7.91. The molecule has 5 rings (SSSR count). The zero-order valence-electron chi connectivity index (χ0n) is 19.3. The molecule has 1 saturated carbocycles. The fraction of sp³-hybridized carbons (Fsp3) is 0.571. The molecule has 1 aliphatic carbocycles. The average molecular weight is 459 g/mol. The third kappa shape index (κ3) is 5.00. The van der Waals surface area contributed by atoms with Crippen LogP contribution in [0.1, 0.15) is 81.4 Å². The highest BCUT2D eigenvalue weighted by Crippen LogP contribution is 2.42. The van der Waals surface area contributed by atoms with Gasteiger partial charge >= 0.3 is 0 Å². The number of benzene rings is 2. The lowest BCUT2D eigenvalue weighted by Crippen LogP contribution is -2.34. The van der Waals surface area contributed by atoms with E-state index in [0.29, 0.717) is 24.5 Å². The van der Waals surface area contributed by atoms with Crippen LogP contribution in [0.2, 0.25) is 0 Å². The van der Waals surface area contributed by atoms with E-state index < -0.39 is 23.6 Å². The Kier molecular flexibility index (Phi) is 6.80. The van der Waals surface area contributed by atoms with Gasteiger partial charge in [0, 0.05) is 12.2 Å². The van der Waals surface area contributed by atoms with Crippen LogP contribution in [0.4, 0.5) is 13.2 Å². The summed E-state index contributed by atoms with van der Waals surface area (Å²) in [4.78, 5) is 0. The molecular formula is C28H33F3O2. The summed E-state index contributed by atoms with van der Waals surface area (Å²) in [5, 5.41) is 0. The molecule has 2 heterocycles. The molecule has 2 aliphatic heterocycles. The Morgan fingerprint density at radius 2 is 1.55 bits per heavy atom. The van der Waals surface area contributed by atoms with Crippen LogP contribution in [0.15, 0.2) is 30.3 Å². The number of ether oxygens (including phenoxy) is 2. The van der Waals surface area contributed by atoms with Gasteiger partial charge in [0.2, 0.25) is 0 Å². The molecule has 0 spiro atoms. The zero-order chi connectivity index (χ0) is 22.9. The van der Waals surface area contributed by atoms with Gasteiger partial charge < -0.3 is 9.47 Å². The molecule has 3 aliphatic rings. The molecule has 0 amide bonds. The van der Waals surface area contributed by atoms with E-state index >= 15 is 4.39 Å². The summed E-state index contributed by atoms with van der Waals surface area (Å²) in [6.45, 7) is 3.46. The van der Waals surface area contributed by atoms with Crippen molar-refractivity contribution in [2.24, 2.45) is 11.8 Å². The van der Waals surface area contributed by atoms with Crippen molar-refractivity contribution in [3.63, 3.8) is 0 Å². The lowest BCUT2D eigenvalue weighted by atomic mass is 9.75. The lowest BCUT2D eigenvalue weighted by Gasteiger charge is -2.38. The predicted octanol–water partition coefficient (Wildman–Crippen LogP) is 7.71. The Morgan fingerprint density at radius 1 is 0.818 bits per heavy atom. The average Bonchev–Trinajstić information content (AvgIpc) is 3.64. The van der Waals surface area contributed by atoms with Gasteiger partial charge in [-0.25, -0.2) is 13.2 Å². The van der Waals surface area contributed by atoms with Crippen molar-refractivity contribution in [1.82, 2.24) is 0 Å². The fourth-order valence-electron chi connectivity index (χ4n) is 5.94. The second kappa shape index (κ2) is 9.79. The highest BCUT2D eigenvalue weighted by molar-refractivity contribution is 5.65. The van der Waals surface area contributed by atoms with E-state index in [4.69, 9.17) is 9.47 Å². The molecule has 0 radical (unpaired) electrons. The summed E-state index contributed by atoms with van der Waals surface area (Å²) in [5.74, 6) is -0.136. The Labute approximate surface area is 194 Å². The maximum atomic E-state index is 15.0. The first-order valence-electron chi connectivity index (χ1n) is 12.6. The minimum atomic E-state index is -0.680. The summed E-state index contributed by atoms with van der Waals surface area (Å²) < 4.78 is 55.0. The Bertz CT molecular complexity index is 948. The van der Waals surface area contributed by atoms with Crippen LogP contribution in [0.5, 0.6) is 0 Å². The van der Waals surface area contributed by atoms with Crippen LogP contribution in [-0.2, 0) is 9.47 Å². The van der Waals surface area contributed by atoms with E-state index in [1.165, 1.54) is 37.8 Å². The van der Waals surface area contributed by atoms with E-state index in [2.05, 4.69) is 6.92 Å². The van der Waals surface area contributed by atoms with Gasteiger partial charge in [0.05, 0.1) is 18.3 Å². The van der Waals surface area contributed by atoms with Crippen molar-refractivity contribution in [3.8, 4) is 11.1 Å². The highest BCUT2D eigenvalue weighted by atomic mass is 19.1. The molecule has 3 fully saturated rings. The van der Waals surface area contributed by atoms with Crippen molar-refractivity contribution in [3.05, 3.63) is 58.9 Å². The van der Waals surface area contributed by atoms with E-state index in [-0.39, 0.29) is 16.7 Å². The number of halogens is 3. The summed E-state index contributed by atoms with van der Waals surface area (Å²) in [6.07, 6.45) is 9.08. The molecule has 3 unspecified atom stereocenters. The zero-order valence-corrected chi connectivity index (χ0v) is 19.3. The molecule has 2 nitrogen and oxygen atoms in total. The van der Waals surface area contributed by atoms with E-state index in [0.717, 1.165) is 43.8 Å². The molecule has 0 N–H and O–H groups in total. The van der Waals surface area contributed by atoms with Crippen LogP contribution in [0, 0.1) is 29.3 Å². The monoisotopic (exact) mass is 458 g/mol. The molecule has 178 valence electrons. The SMILES string of the molecule is CCCC1CCC(C2CCC(c3ccc(-c4cc(F)c(C5CO5)c(F)c4)c(F)c3)CC2)OC1. The van der Waals surface area contributed by atoms with Crippen LogP contribution >= 0.6 is 0 Å². The minimum absolute atomic E-state index is 0.0598. The van der Waals surface area contributed by atoms with E-state index in [1.807, 2.05) is 6.07 Å². The van der Waals surface area contributed by atoms with Gasteiger partial charge in [-0.3, -0.25) is 0 Å². The molecule has 2 aromatic rings. The van der Waals surface area contributed by atoms with Crippen molar-refractivity contribution in [2.45, 2.75) is 76.4 Å². The smallest absolute Gasteiger partial charge is 0.132 e. The molecule has 0 bridgehead atoms. The number of epoxide rings is 1. The third-order valence-electron chi connectivity index (χ3n) is 7.91. The van der Waals surface area contributed by atoms with E-state index in [1.54, 1.807) is 12.1 Å². The summed E-state index contributed by atoms with van der Waals surface area (Å²) in [7, 11) is 0. The largest absolute Gasteiger partial charge is 0.378 e. The molecule has 2 saturated heterocycles. The lowest BCUT2D eigenvalue weighted by molar-refractivity contribution is -0.0575. The number of hydrogen-bond donors (Lipinski definition) is 0. The van der Waals surface area contributed by atoms with Crippen LogP contribution < -0.4 is 0 Å². The van der Waals surface area contributed by atoms with Gasteiger partial charge in [-0.1, -0.05) is 25.5 Å². The molecule has 3 atom stereocenters. The topological polar surface area (TPSA) is 21.8 Å². The molecular weight excluding hydrogens is 425 g/mol. The Morgan fingerprint density at radius 3 is 2.12 bits per heavy atom. The summed E-state index contributed by atoms with van der Waals surface area (Å²) >= 11 is 0. The quantitative estimate of drug-likeness (QED) is 0.414. The number of hydrogen-bond acceptors (Lipinski definition) is 2. The van der Waals surface area contributed by atoms with Crippen molar-refractivity contribution < 1.29 is 22.6 Å². The first-order chi connectivity index (χ1) is 16.0. The molecule has 33 heavy (non-hydrogen) atoms. The maximum Gasteiger partial charge on any atom is 0.132 e. The van der Waals surface area contributed by atoms with Crippen LogP contribution in [0.25, 0.3) is 11.1 Å². The Balaban J connectivity index is 1.22. The Hall–Kier alpha value is -1.85. The molecule has 2 aromatic carbocycles. The fourth-order valence-corrected chi connectivity index (χ4v) is 5.94. The second-order valence-corrected chi connectivity index (χ2v) is 10.1. The number of rotatable bonds is 6. The van der Waals surface area contributed by atoms with Gasteiger partial charge in [-0.2, -0.15) is 0 Å². The maximum absolute atomic E-state index is 15.0. The van der Waals surface area contributed by atoms with E-state index in [9.17, 15) is 8.78 Å².